The Balaban J connectivity index is 1.24. The number of ketones is 1. The van der Waals surface area contributed by atoms with Gasteiger partial charge in [-0.2, -0.15) is 0 Å². The summed E-state index contributed by atoms with van der Waals surface area (Å²) >= 11 is 0. The number of nitro groups is 1. The molecule has 2 N–H and O–H groups in total. The Bertz CT molecular complexity index is 1710. The minimum absolute atomic E-state index is 0.0780. The third-order valence-corrected chi connectivity index (χ3v) is 5.83. The molecule has 0 radical (unpaired) electrons. The number of non-ortho nitro benzene ring substituents is 1. The molecule has 2 amide bonds. The van der Waals surface area contributed by atoms with E-state index >= 15 is 0 Å². The summed E-state index contributed by atoms with van der Waals surface area (Å²) in [4.78, 5) is 48.9. The number of aromatic nitrogens is 2. The normalized spacial score (nSPS) is 10.5. The number of carbonyl (C=O) groups is 3. The lowest BCUT2D eigenvalue weighted by Gasteiger charge is -2.10. The summed E-state index contributed by atoms with van der Waals surface area (Å²) in [5, 5.41) is 23.7. The van der Waals surface area contributed by atoms with Crippen LogP contribution in [0.3, 0.4) is 0 Å². The maximum Gasteiger partial charge on any atom is 0.322 e. The average Bonchev–Trinajstić information content (AvgIpc) is 3.46. The molecule has 0 atom stereocenters. The van der Waals surface area contributed by atoms with Gasteiger partial charge in [-0.1, -0.05) is 53.6 Å². The van der Waals surface area contributed by atoms with Crippen molar-refractivity contribution in [2.24, 2.45) is 0 Å². The lowest BCUT2D eigenvalue weighted by atomic mass is 9.98. The number of carbonyl (C=O) groups excluding carboxylic acids is 3. The zero-order valence-electron chi connectivity index (χ0n) is 20.6. The first-order chi connectivity index (χ1) is 19.4. The van der Waals surface area contributed by atoms with Crippen LogP contribution in [0.2, 0.25) is 0 Å². The van der Waals surface area contributed by atoms with Crippen molar-refractivity contribution in [2.75, 3.05) is 10.6 Å². The van der Waals surface area contributed by atoms with Crippen LogP contribution in [0.1, 0.15) is 36.6 Å². The molecular weight excluding hydrogens is 514 g/mol. The second-order valence-corrected chi connectivity index (χ2v) is 8.44. The van der Waals surface area contributed by atoms with Gasteiger partial charge < -0.3 is 9.73 Å². The zero-order valence-corrected chi connectivity index (χ0v) is 20.6. The van der Waals surface area contributed by atoms with Crippen molar-refractivity contribution >= 4 is 35.0 Å². The van der Waals surface area contributed by atoms with Gasteiger partial charge in [0.2, 0.25) is 5.89 Å². The van der Waals surface area contributed by atoms with Crippen molar-refractivity contribution in [1.29, 1.82) is 0 Å². The van der Waals surface area contributed by atoms with Crippen molar-refractivity contribution < 1.29 is 23.7 Å². The number of nitrogens with one attached hydrogen (secondary N) is 2. The Hall–Kier alpha value is -5.97. The summed E-state index contributed by atoms with van der Waals surface area (Å²) in [6, 6.07) is 26.7. The fourth-order valence-corrected chi connectivity index (χ4v) is 3.81. The molecule has 0 aliphatic carbocycles. The summed E-state index contributed by atoms with van der Waals surface area (Å²) in [6.45, 7) is 0. The van der Waals surface area contributed by atoms with Crippen LogP contribution in [-0.2, 0) is 0 Å². The van der Waals surface area contributed by atoms with E-state index in [2.05, 4.69) is 20.8 Å². The van der Waals surface area contributed by atoms with Gasteiger partial charge in [-0.05, 0) is 42.5 Å². The van der Waals surface area contributed by atoms with Gasteiger partial charge in [0, 0.05) is 40.1 Å². The number of hydrogen-bond acceptors (Lipinski definition) is 8. The second-order valence-electron chi connectivity index (χ2n) is 8.44. The van der Waals surface area contributed by atoms with Gasteiger partial charge in [0.15, 0.2) is 5.78 Å². The van der Waals surface area contributed by atoms with E-state index in [0.29, 0.717) is 16.8 Å². The monoisotopic (exact) mass is 533 g/mol. The number of amides is 2. The molecule has 0 saturated carbocycles. The Morgan fingerprint density at radius 2 is 1.32 bits per heavy atom. The van der Waals surface area contributed by atoms with Crippen molar-refractivity contribution in [3.63, 3.8) is 0 Å². The third-order valence-electron chi connectivity index (χ3n) is 5.83. The van der Waals surface area contributed by atoms with Crippen LogP contribution in [-0.4, -0.2) is 32.7 Å². The Kier molecular flexibility index (Phi) is 7.18. The van der Waals surface area contributed by atoms with Gasteiger partial charge in [-0.15, -0.1) is 5.10 Å². The van der Waals surface area contributed by atoms with Crippen molar-refractivity contribution in [3.8, 4) is 11.5 Å². The molecule has 196 valence electrons. The summed E-state index contributed by atoms with van der Waals surface area (Å²) in [6.07, 6.45) is 0. The lowest BCUT2D eigenvalue weighted by molar-refractivity contribution is -0.384. The average molecular weight is 534 g/mol. The topological polar surface area (TPSA) is 157 Å². The van der Waals surface area contributed by atoms with Crippen molar-refractivity contribution in [2.45, 2.75) is 0 Å². The second kappa shape index (κ2) is 11.2. The van der Waals surface area contributed by atoms with E-state index in [1.54, 1.807) is 66.7 Å². The van der Waals surface area contributed by atoms with Crippen LogP contribution < -0.4 is 10.6 Å². The number of hydrogen-bond donors (Lipinski definition) is 2. The number of nitrogens with zero attached hydrogens (tertiary/aromatic N) is 3. The number of nitro benzene ring substituents is 1. The van der Waals surface area contributed by atoms with Gasteiger partial charge in [0.25, 0.3) is 17.5 Å². The molecule has 0 spiro atoms. The van der Waals surface area contributed by atoms with Crippen LogP contribution in [0.5, 0.6) is 0 Å². The Morgan fingerprint density at radius 1 is 0.675 bits per heavy atom. The van der Waals surface area contributed by atoms with E-state index in [9.17, 15) is 24.5 Å². The Labute approximate surface area is 226 Å². The summed E-state index contributed by atoms with van der Waals surface area (Å²) in [7, 11) is 0. The SMILES string of the molecule is O=C(Nc1nnc(-c2ccc([N+](=O)[O-])cc2)o1)c1ccc(NC(=O)c2ccccc2C(=O)c2ccccc2)cc1. The van der Waals surface area contributed by atoms with Gasteiger partial charge >= 0.3 is 6.01 Å². The molecule has 4 aromatic carbocycles. The van der Waals surface area contributed by atoms with Crippen molar-refractivity contribution in [1.82, 2.24) is 10.2 Å². The molecule has 0 aliphatic rings. The maximum absolute atomic E-state index is 13.0. The fraction of sp³-hybridized carbons (Fsp3) is 0. The molecule has 5 aromatic rings. The van der Waals surface area contributed by atoms with Crippen molar-refractivity contribution in [3.05, 3.63) is 135 Å². The number of anilines is 2. The van der Waals surface area contributed by atoms with Crippen LogP contribution in [0.15, 0.2) is 108 Å². The zero-order chi connectivity index (χ0) is 28.1. The van der Waals surface area contributed by atoms with Crippen LogP contribution in [0.4, 0.5) is 17.4 Å². The minimum Gasteiger partial charge on any atom is -0.403 e. The van der Waals surface area contributed by atoms with E-state index in [4.69, 9.17) is 4.42 Å². The summed E-state index contributed by atoms with van der Waals surface area (Å²) < 4.78 is 5.44. The number of rotatable bonds is 8. The first-order valence-corrected chi connectivity index (χ1v) is 11.9. The smallest absolute Gasteiger partial charge is 0.322 e. The molecule has 0 saturated heterocycles. The maximum atomic E-state index is 13.0. The van der Waals surface area contributed by atoms with E-state index in [0.717, 1.165) is 0 Å². The fourth-order valence-electron chi connectivity index (χ4n) is 3.81. The van der Waals surface area contributed by atoms with E-state index in [-0.39, 0.29) is 40.1 Å². The minimum atomic E-state index is -0.532. The summed E-state index contributed by atoms with van der Waals surface area (Å²) in [5.41, 5.74) is 2.01. The molecule has 1 aromatic heterocycles. The Morgan fingerprint density at radius 3 is 2.00 bits per heavy atom. The molecular formula is C29H19N5O6. The van der Waals surface area contributed by atoms with E-state index in [1.807, 2.05) is 0 Å². The largest absolute Gasteiger partial charge is 0.403 e. The molecule has 1 heterocycles. The highest BCUT2D eigenvalue weighted by atomic mass is 16.6. The highest BCUT2D eigenvalue weighted by Crippen LogP contribution is 2.23. The van der Waals surface area contributed by atoms with Gasteiger partial charge in [-0.3, -0.25) is 29.8 Å². The van der Waals surface area contributed by atoms with E-state index in [1.165, 1.54) is 36.4 Å². The van der Waals surface area contributed by atoms with Gasteiger partial charge in [-0.25, -0.2) is 0 Å². The molecule has 5 rings (SSSR count). The lowest BCUT2D eigenvalue weighted by Crippen LogP contribution is -2.17. The first kappa shape index (κ1) is 25.7. The molecule has 11 nitrogen and oxygen atoms in total. The molecule has 40 heavy (non-hydrogen) atoms. The predicted molar refractivity (Wildman–Crippen MR) is 145 cm³/mol. The molecule has 0 bridgehead atoms. The third kappa shape index (κ3) is 5.63. The van der Waals surface area contributed by atoms with E-state index < -0.39 is 16.7 Å². The standard InChI is InChI=1S/C29H19N5O6/c35-25(18-6-2-1-3-7-18)23-8-4-5-9-24(23)27(37)30-21-14-10-19(11-15-21)26(36)31-29-33-32-28(40-29)20-12-16-22(17-13-20)34(38)39/h1-17H,(H,30,37)(H,31,33,36). The molecule has 0 fully saturated rings. The molecule has 11 heteroatoms. The summed E-state index contributed by atoms with van der Waals surface area (Å²) in [5.74, 6) is -1.19. The molecule has 0 aliphatic heterocycles. The van der Waals surface area contributed by atoms with Crippen LogP contribution >= 0.6 is 0 Å². The molecule has 0 unspecified atom stereocenters. The quantitative estimate of drug-likeness (QED) is 0.153. The van der Waals surface area contributed by atoms with Gasteiger partial charge in [0.05, 0.1) is 10.5 Å². The number of benzene rings is 4. The van der Waals surface area contributed by atoms with Gasteiger partial charge in [0.1, 0.15) is 0 Å². The van der Waals surface area contributed by atoms with Crippen LogP contribution in [0, 0.1) is 10.1 Å². The highest BCUT2D eigenvalue weighted by Gasteiger charge is 2.19. The van der Waals surface area contributed by atoms with Crippen LogP contribution in [0.25, 0.3) is 11.5 Å². The predicted octanol–water partition coefficient (Wildman–Crippen LogP) is 5.38. The first-order valence-electron chi connectivity index (χ1n) is 11.9. The highest BCUT2D eigenvalue weighted by molar-refractivity contribution is 6.17.